The highest BCUT2D eigenvalue weighted by Gasteiger charge is 2.25. The van der Waals surface area contributed by atoms with Crippen molar-refractivity contribution in [1.29, 1.82) is 0 Å². The molecule has 0 saturated heterocycles. The van der Waals surface area contributed by atoms with Gasteiger partial charge in [-0.3, -0.25) is 14.4 Å². The number of carboxylic acids is 3. The maximum Gasteiger partial charge on any atom is 0.303 e. The fourth-order valence-corrected chi connectivity index (χ4v) is 7.12. The summed E-state index contributed by atoms with van der Waals surface area (Å²) in [6.07, 6.45) is 7.55. The number of nitrogens with one attached hydrogen (secondary N) is 4. The van der Waals surface area contributed by atoms with Gasteiger partial charge in [0.1, 0.15) is 0 Å². The number of aromatic amines is 4. The minimum atomic E-state index is -0.870. The van der Waals surface area contributed by atoms with Crippen LogP contribution in [0.5, 0.6) is 0 Å². The number of hydrogen-bond acceptors (Lipinski definition) is 3. The van der Waals surface area contributed by atoms with Crippen molar-refractivity contribution in [1.82, 2.24) is 19.9 Å². The summed E-state index contributed by atoms with van der Waals surface area (Å²) in [5, 5.41) is 28.6. The SMILES string of the molecule is C/C=C/c1c2[nH]c(c1C)Cc1[nH]c(c(CCC(=O)O)c1C)Cc1[nH]c(c(C)c1CCC(=O)O)Cc1[nH]c(c(C)c1CCC(=O)O)C2. The van der Waals surface area contributed by atoms with Gasteiger partial charge in [0.05, 0.1) is 0 Å². The largest absolute Gasteiger partial charge is 0.481 e. The Bertz CT molecular complexity index is 1840. The molecule has 0 fully saturated rings. The number of fused-ring (bicyclic) bond motifs is 8. The first-order chi connectivity index (χ1) is 21.9. The van der Waals surface area contributed by atoms with E-state index in [0.717, 1.165) is 90.1 Å². The molecule has 1 aliphatic rings. The molecule has 0 atom stereocenters. The van der Waals surface area contributed by atoms with E-state index in [4.69, 9.17) is 0 Å². The van der Waals surface area contributed by atoms with Gasteiger partial charge >= 0.3 is 17.9 Å². The van der Waals surface area contributed by atoms with E-state index in [1.54, 1.807) is 0 Å². The Morgan fingerprint density at radius 3 is 1.20 bits per heavy atom. The standard InChI is InChI=1S/C36H44N4O6/c1-6-7-22-18(2)26-14-27-19(3)24(9-12-35(43)44)32(38-27)17-33-25(10-13-36(45)46)21(5)29(40-33)16-31-23(8-11-34(41)42)20(4)28(39-31)15-30(22)37-26/h6-7,37-40H,8-17H2,1-5H3,(H,41,42)(H,43,44)(H,45,46)/b7-6+. The molecule has 8 bridgehead atoms. The fourth-order valence-electron chi connectivity index (χ4n) is 7.12. The Balaban J connectivity index is 1.72. The van der Waals surface area contributed by atoms with Gasteiger partial charge in [-0.1, -0.05) is 12.2 Å². The lowest BCUT2D eigenvalue weighted by Crippen LogP contribution is -2.04. The van der Waals surface area contributed by atoms with Gasteiger partial charge in [-0.25, -0.2) is 0 Å². The quantitative estimate of drug-likeness (QED) is 0.0999. The summed E-state index contributed by atoms with van der Waals surface area (Å²) in [6.45, 7) is 10.2. The molecule has 5 rings (SSSR count). The van der Waals surface area contributed by atoms with E-state index in [-0.39, 0.29) is 19.3 Å². The van der Waals surface area contributed by atoms with Crippen molar-refractivity contribution >= 4 is 24.0 Å². The number of carboxylic acid groups (broad SMARTS) is 3. The molecule has 4 aromatic rings. The molecule has 7 N–H and O–H groups in total. The molecule has 46 heavy (non-hydrogen) atoms. The number of rotatable bonds is 10. The number of allylic oxidation sites excluding steroid dienone is 1. The Kier molecular flexibility index (Phi) is 9.46. The van der Waals surface area contributed by atoms with Crippen LogP contribution in [0.15, 0.2) is 6.08 Å². The molecule has 244 valence electrons. The average Bonchev–Trinajstić information content (AvgIpc) is 3.64. The molecule has 5 heterocycles. The lowest BCUT2D eigenvalue weighted by molar-refractivity contribution is -0.138. The molecular weight excluding hydrogens is 584 g/mol. The van der Waals surface area contributed by atoms with Crippen LogP contribution < -0.4 is 0 Å². The first-order valence-corrected chi connectivity index (χ1v) is 15.9. The van der Waals surface area contributed by atoms with Crippen molar-refractivity contribution in [2.24, 2.45) is 0 Å². The van der Waals surface area contributed by atoms with Gasteiger partial charge < -0.3 is 35.3 Å². The van der Waals surface area contributed by atoms with E-state index < -0.39 is 17.9 Å². The van der Waals surface area contributed by atoms with Gasteiger partial charge in [-0.05, 0) is 98.4 Å². The zero-order chi connectivity index (χ0) is 33.3. The molecule has 4 aromatic heterocycles. The van der Waals surface area contributed by atoms with Crippen LogP contribution in [0.1, 0.15) is 116 Å². The van der Waals surface area contributed by atoms with Crippen molar-refractivity contribution in [3.63, 3.8) is 0 Å². The predicted octanol–water partition coefficient (Wildman–Crippen LogP) is 5.99. The highest BCUT2D eigenvalue weighted by atomic mass is 16.4. The summed E-state index contributed by atoms with van der Waals surface area (Å²) in [7, 11) is 0. The normalized spacial score (nSPS) is 13.1. The number of aliphatic carboxylic acids is 3. The van der Waals surface area contributed by atoms with E-state index in [2.05, 4.69) is 39.9 Å². The molecule has 0 radical (unpaired) electrons. The molecule has 0 amide bonds. The first-order valence-electron chi connectivity index (χ1n) is 15.9. The maximum absolute atomic E-state index is 11.6. The van der Waals surface area contributed by atoms with E-state index in [1.807, 2.05) is 26.8 Å². The summed E-state index contributed by atoms with van der Waals surface area (Å²) in [5.41, 5.74) is 16.3. The number of carbonyl (C=O) groups is 3. The van der Waals surface area contributed by atoms with Crippen LogP contribution in [0.25, 0.3) is 6.08 Å². The minimum Gasteiger partial charge on any atom is -0.481 e. The van der Waals surface area contributed by atoms with Gasteiger partial charge in [0, 0.05) is 90.5 Å². The monoisotopic (exact) mass is 628 g/mol. The van der Waals surface area contributed by atoms with Gasteiger partial charge in [0.25, 0.3) is 0 Å². The molecule has 0 aliphatic carbocycles. The van der Waals surface area contributed by atoms with Gasteiger partial charge in [0.2, 0.25) is 0 Å². The summed E-state index contributed by atoms with van der Waals surface area (Å²) in [6, 6.07) is 0. The molecule has 10 nitrogen and oxygen atoms in total. The Morgan fingerprint density at radius 2 is 0.826 bits per heavy atom. The number of aromatic nitrogens is 4. The van der Waals surface area contributed by atoms with Crippen LogP contribution in [0.2, 0.25) is 0 Å². The summed E-state index contributed by atoms with van der Waals surface area (Å²) in [4.78, 5) is 49.6. The second-order valence-electron chi connectivity index (χ2n) is 12.6. The maximum atomic E-state index is 11.6. The summed E-state index contributed by atoms with van der Waals surface area (Å²) >= 11 is 0. The lowest BCUT2D eigenvalue weighted by atomic mass is 9.97. The second-order valence-corrected chi connectivity index (χ2v) is 12.6. The van der Waals surface area contributed by atoms with Crippen molar-refractivity contribution in [2.45, 2.75) is 98.8 Å². The molecule has 0 unspecified atom stereocenters. The van der Waals surface area contributed by atoms with Crippen LogP contribution in [-0.4, -0.2) is 53.2 Å². The van der Waals surface area contributed by atoms with Gasteiger partial charge in [-0.15, -0.1) is 0 Å². The molecule has 0 spiro atoms. The third-order valence-corrected chi connectivity index (χ3v) is 9.71. The predicted molar refractivity (Wildman–Crippen MR) is 176 cm³/mol. The average molecular weight is 629 g/mol. The molecule has 0 saturated carbocycles. The van der Waals surface area contributed by atoms with Crippen LogP contribution in [0, 0.1) is 27.7 Å². The highest BCUT2D eigenvalue weighted by molar-refractivity contribution is 5.68. The minimum absolute atomic E-state index is 0.00954. The van der Waals surface area contributed by atoms with Crippen molar-refractivity contribution in [3.05, 3.63) is 96.1 Å². The van der Waals surface area contributed by atoms with E-state index >= 15 is 0 Å². The number of hydrogen-bond donors (Lipinski definition) is 7. The van der Waals surface area contributed by atoms with Crippen molar-refractivity contribution in [3.8, 4) is 0 Å². The lowest BCUT2D eigenvalue weighted by Gasteiger charge is -2.07. The van der Waals surface area contributed by atoms with Crippen molar-refractivity contribution in [2.75, 3.05) is 0 Å². The third kappa shape index (κ3) is 6.61. The first kappa shape index (κ1) is 32.7. The third-order valence-electron chi connectivity index (χ3n) is 9.71. The number of H-pyrrole nitrogens is 4. The van der Waals surface area contributed by atoms with Crippen LogP contribution in [-0.2, 0) is 59.3 Å². The zero-order valence-electron chi connectivity index (χ0n) is 27.3. The highest BCUT2D eigenvalue weighted by Crippen LogP contribution is 2.33. The topological polar surface area (TPSA) is 175 Å². The van der Waals surface area contributed by atoms with Crippen molar-refractivity contribution < 1.29 is 29.7 Å². The van der Waals surface area contributed by atoms with E-state index in [9.17, 15) is 29.7 Å². The Morgan fingerprint density at radius 1 is 0.522 bits per heavy atom. The van der Waals surface area contributed by atoms with E-state index in [0.29, 0.717) is 44.9 Å². The van der Waals surface area contributed by atoms with Crippen LogP contribution in [0.4, 0.5) is 0 Å². The van der Waals surface area contributed by atoms with Crippen LogP contribution in [0.3, 0.4) is 0 Å². The Labute approximate surface area is 268 Å². The van der Waals surface area contributed by atoms with Crippen LogP contribution >= 0.6 is 0 Å². The molecule has 0 aromatic carbocycles. The summed E-state index contributed by atoms with van der Waals surface area (Å²) in [5.74, 6) is -2.57. The zero-order valence-corrected chi connectivity index (χ0v) is 27.3. The smallest absolute Gasteiger partial charge is 0.303 e. The van der Waals surface area contributed by atoms with E-state index in [1.165, 1.54) is 0 Å². The van der Waals surface area contributed by atoms with Gasteiger partial charge in [0.15, 0.2) is 0 Å². The molecular formula is C36H44N4O6. The second kappa shape index (κ2) is 13.3. The molecule has 1 aliphatic heterocycles. The fraction of sp³-hybridized carbons (Fsp3) is 0.417. The van der Waals surface area contributed by atoms with Gasteiger partial charge in [-0.2, -0.15) is 0 Å². The molecule has 10 heteroatoms. The Hall–Kier alpha value is -4.73. The summed E-state index contributed by atoms with van der Waals surface area (Å²) < 4.78 is 0.